The molecule has 5 heteroatoms. The maximum atomic E-state index is 9.70. The molecule has 0 radical (unpaired) electrons. The predicted molar refractivity (Wildman–Crippen MR) is 217 cm³/mol. The lowest BCUT2D eigenvalue weighted by molar-refractivity contribution is -0.00518. The highest BCUT2D eigenvalue weighted by atomic mass is 32.1. The van der Waals surface area contributed by atoms with Gasteiger partial charge in [-0.1, -0.05) is 109 Å². The zero-order chi connectivity index (χ0) is 35.1. The summed E-state index contributed by atoms with van der Waals surface area (Å²) >= 11 is 1.81. The first-order chi connectivity index (χ1) is 26.1. The molecule has 0 spiro atoms. The van der Waals surface area contributed by atoms with Gasteiger partial charge in [-0.15, -0.1) is 11.3 Å². The van der Waals surface area contributed by atoms with Crippen LogP contribution in [0.15, 0.2) is 127 Å². The summed E-state index contributed by atoms with van der Waals surface area (Å²) in [4.78, 5) is 15.4. The van der Waals surface area contributed by atoms with Crippen LogP contribution in [0.4, 0.5) is 0 Å². The highest BCUT2D eigenvalue weighted by Gasteiger charge is 2.51. The number of aromatic nitrogens is 3. The third-order valence-electron chi connectivity index (χ3n) is 12.6. The average molecular weight is 701 g/mol. The van der Waals surface area contributed by atoms with Crippen LogP contribution in [-0.4, -0.2) is 15.0 Å². The van der Waals surface area contributed by atoms with Crippen LogP contribution in [0.1, 0.15) is 49.7 Å². The van der Waals surface area contributed by atoms with E-state index >= 15 is 0 Å². The first-order valence-electron chi connectivity index (χ1n) is 18.9. The fourth-order valence-corrected chi connectivity index (χ4v) is 11.7. The van der Waals surface area contributed by atoms with Gasteiger partial charge in [-0.3, -0.25) is 0 Å². The number of nitriles is 1. The quantitative estimate of drug-likeness (QED) is 0.179. The SMILES string of the molecule is N#Cc1cccc2c(-c3ccc(-c4nc(-c5ccc(C67CC8CC(CC(C8)C6)C7)cc5)nc(-c5ccc6c(c5)sc5ccccc56)n4)cc3)cccc12. The Balaban J connectivity index is 1.00. The molecule has 2 heterocycles. The first kappa shape index (κ1) is 30.9. The molecular weight excluding hydrogens is 665 g/mol. The van der Waals surface area contributed by atoms with E-state index in [1.807, 2.05) is 35.6 Å². The van der Waals surface area contributed by atoms with Gasteiger partial charge in [-0.05, 0) is 102 Å². The summed E-state index contributed by atoms with van der Waals surface area (Å²) in [6.07, 6.45) is 8.41. The lowest BCUT2D eigenvalue weighted by Crippen LogP contribution is -2.48. The van der Waals surface area contributed by atoms with Crippen molar-refractivity contribution in [1.29, 1.82) is 5.26 Å². The van der Waals surface area contributed by atoms with E-state index < -0.39 is 0 Å². The summed E-state index contributed by atoms with van der Waals surface area (Å²) in [6.45, 7) is 0. The van der Waals surface area contributed by atoms with Crippen LogP contribution in [0.2, 0.25) is 0 Å². The molecule has 8 aromatic rings. The van der Waals surface area contributed by atoms with Crippen LogP contribution in [0.25, 0.3) is 76.2 Å². The molecule has 0 amide bonds. The molecule has 2 aromatic heterocycles. The van der Waals surface area contributed by atoms with E-state index in [-0.39, 0.29) is 0 Å². The van der Waals surface area contributed by atoms with Crippen LogP contribution >= 0.6 is 11.3 Å². The van der Waals surface area contributed by atoms with Crippen LogP contribution in [-0.2, 0) is 5.41 Å². The Hall–Kier alpha value is -5.70. The summed E-state index contributed by atoms with van der Waals surface area (Å²) in [7, 11) is 0. The van der Waals surface area contributed by atoms with Gasteiger partial charge in [0.2, 0.25) is 0 Å². The molecule has 4 aliphatic rings. The van der Waals surface area contributed by atoms with Gasteiger partial charge < -0.3 is 0 Å². The van der Waals surface area contributed by atoms with Crippen molar-refractivity contribution in [3.8, 4) is 51.4 Å². The smallest absolute Gasteiger partial charge is 0.164 e. The molecular formula is C48H36N4S. The minimum absolute atomic E-state index is 0.352. The Kier molecular flexibility index (Phi) is 6.94. The van der Waals surface area contributed by atoms with Crippen molar-refractivity contribution >= 4 is 42.3 Å². The second-order valence-corrected chi connectivity index (χ2v) is 16.9. The van der Waals surface area contributed by atoms with E-state index in [2.05, 4.69) is 109 Å². The summed E-state index contributed by atoms with van der Waals surface area (Å²) in [5.41, 5.74) is 7.67. The maximum absolute atomic E-state index is 9.70. The molecule has 0 atom stereocenters. The van der Waals surface area contributed by atoms with E-state index in [0.29, 0.717) is 28.5 Å². The van der Waals surface area contributed by atoms with Gasteiger partial charge in [-0.25, -0.2) is 15.0 Å². The Bertz CT molecular complexity index is 2740. The molecule has 4 fully saturated rings. The Morgan fingerprint density at radius 1 is 0.509 bits per heavy atom. The second kappa shape index (κ2) is 11.9. The number of thiophene rings is 1. The average Bonchev–Trinajstić information content (AvgIpc) is 3.58. The molecule has 12 rings (SSSR count). The molecule has 4 saturated carbocycles. The van der Waals surface area contributed by atoms with E-state index in [1.165, 1.54) is 64.3 Å². The lowest BCUT2D eigenvalue weighted by Gasteiger charge is -2.57. The van der Waals surface area contributed by atoms with Crippen molar-refractivity contribution in [2.24, 2.45) is 17.8 Å². The Labute approximate surface area is 312 Å². The highest BCUT2D eigenvalue weighted by molar-refractivity contribution is 7.25. The van der Waals surface area contributed by atoms with Crippen LogP contribution in [0, 0.1) is 29.1 Å². The fraction of sp³-hybridized carbons (Fsp3) is 0.208. The molecule has 0 N–H and O–H groups in total. The number of hydrogen-bond acceptors (Lipinski definition) is 5. The largest absolute Gasteiger partial charge is 0.208 e. The first-order valence-corrected chi connectivity index (χ1v) is 19.7. The molecule has 0 saturated heterocycles. The van der Waals surface area contributed by atoms with Gasteiger partial charge in [-0.2, -0.15) is 5.26 Å². The fourth-order valence-electron chi connectivity index (χ4n) is 10.5. The molecule has 0 aliphatic heterocycles. The molecule has 4 aliphatic carbocycles. The van der Waals surface area contributed by atoms with Crippen LogP contribution in [0.3, 0.4) is 0 Å². The van der Waals surface area contributed by atoms with E-state index in [1.54, 1.807) is 0 Å². The van der Waals surface area contributed by atoms with Gasteiger partial charge in [0.05, 0.1) is 11.6 Å². The molecule has 6 aromatic carbocycles. The van der Waals surface area contributed by atoms with Crippen molar-refractivity contribution in [1.82, 2.24) is 15.0 Å². The summed E-state index contributed by atoms with van der Waals surface area (Å²) in [5, 5.41) is 14.3. The minimum atomic E-state index is 0.352. The molecule has 254 valence electrons. The van der Waals surface area contributed by atoms with E-state index in [0.717, 1.165) is 56.3 Å². The van der Waals surface area contributed by atoms with Gasteiger partial charge in [0, 0.05) is 42.2 Å². The van der Waals surface area contributed by atoms with Crippen molar-refractivity contribution < 1.29 is 0 Å². The highest BCUT2D eigenvalue weighted by Crippen LogP contribution is 2.60. The zero-order valence-electron chi connectivity index (χ0n) is 29.3. The monoisotopic (exact) mass is 700 g/mol. The molecule has 4 bridgehead atoms. The Morgan fingerprint density at radius 3 is 1.75 bits per heavy atom. The number of fused-ring (bicyclic) bond motifs is 4. The number of hydrogen-bond donors (Lipinski definition) is 0. The maximum Gasteiger partial charge on any atom is 0.164 e. The summed E-state index contributed by atoms with van der Waals surface area (Å²) < 4.78 is 2.51. The van der Waals surface area contributed by atoms with E-state index in [9.17, 15) is 5.26 Å². The standard InChI is InChI=1S/C48H36N4S/c49-28-36-5-3-9-40-38(7-4-8-39(36)40)32-11-13-33(14-12-32)45-50-46(34-15-18-37(19-16-34)48-25-29-21-30(26-48)23-31(22-29)27-48)52-47(51-45)35-17-20-42-41-6-1-2-10-43(41)53-44(42)24-35/h1-20,24,29-31H,21-23,25-27H2. The van der Waals surface area contributed by atoms with Crippen molar-refractivity contribution in [2.45, 2.75) is 43.9 Å². The van der Waals surface area contributed by atoms with Crippen LogP contribution in [0.5, 0.6) is 0 Å². The van der Waals surface area contributed by atoms with Crippen LogP contribution < -0.4 is 0 Å². The summed E-state index contributed by atoms with van der Waals surface area (Å²) in [6, 6.07) is 47.4. The van der Waals surface area contributed by atoms with Gasteiger partial charge >= 0.3 is 0 Å². The molecule has 0 unspecified atom stereocenters. The predicted octanol–water partition coefficient (Wildman–Crippen LogP) is 12.4. The number of nitrogens with zero attached hydrogens (tertiary/aromatic N) is 4. The Morgan fingerprint density at radius 2 is 1.06 bits per heavy atom. The normalized spacial score (nSPS) is 21.8. The van der Waals surface area contributed by atoms with Gasteiger partial charge in [0.1, 0.15) is 0 Å². The van der Waals surface area contributed by atoms with E-state index in [4.69, 9.17) is 15.0 Å². The van der Waals surface area contributed by atoms with Crippen molar-refractivity contribution in [3.63, 3.8) is 0 Å². The molecule has 4 nitrogen and oxygen atoms in total. The third-order valence-corrected chi connectivity index (χ3v) is 13.7. The third kappa shape index (κ3) is 5.11. The van der Waals surface area contributed by atoms with Crippen molar-refractivity contribution in [2.75, 3.05) is 0 Å². The second-order valence-electron chi connectivity index (χ2n) is 15.8. The topological polar surface area (TPSA) is 62.5 Å². The van der Waals surface area contributed by atoms with Crippen molar-refractivity contribution in [3.05, 3.63) is 139 Å². The summed E-state index contributed by atoms with van der Waals surface area (Å²) in [5.74, 6) is 4.76. The lowest BCUT2D eigenvalue weighted by atomic mass is 9.48. The minimum Gasteiger partial charge on any atom is -0.208 e. The number of benzene rings is 6. The number of rotatable bonds is 5. The molecule has 53 heavy (non-hydrogen) atoms. The zero-order valence-corrected chi connectivity index (χ0v) is 30.1. The van der Waals surface area contributed by atoms with Gasteiger partial charge in [0.25, 0.3) is 0 Å². The van der Waals surface area contributed by atoms with Gasteiger partial charge in [0.15, 0.2) is 17.5 Å².